The molecule has 1 unspecified atom stereocenters. The summed E-state index contributed by atoms with van der Waals surface area (Å²) in [4.78, 5) is 0. The molecule has 0 amide bonds. The van der Waals surface area contributed by atoms with Gasteiger partial charge in [0, 0.05) is 25.2 Å². The van der Waals surface area contributed by atoms with Crippen LogP contribution in [-0.2, 0) is 0 Å². The smallest absolute Gasteiger partial charge is 0.395 e. The summed E-state index contributed by atoms with van der Waals surface area (Å²) in [7, 11) is 6.58. The molecule has 1 atom stereocenters. The van der Waals surface area contributed by atoms with Crippen LogP contribution in [0.2, 0.25) is 0 Å². The quantitative estimate of drug-likeness (QED) is 0.723. The number of anilines is 1. The maximum atomic E-state index is 6.58. The van der Waals surface area contributed by atoms with Gasteiger partial charge in [-0.05, 0) is 28.1 Å². The second-order valence-electron chi connectivity index (χ2n) is 6.50. The van der Waals surface area contributed by atoms with Gasteiger partial charge in [-0.3, -0.25) is 5.01 Å². The van der Waals surface area contributed by atoms with Crippen LogP contribution in [0.25, 0.3) is 0 Å². The molecule has 1 aromatic rings. The van der Waals surface area contributed by atoms with Gasteiger partial charge in [-0.2, -0.15) is 5.10 Å². The molecule has 20 heavy (non-hydrogen) atoms. The summed E-state index contributed by atoms with van der Waals surface area (Å²) in [6.07, 6.45) is 3.43. The Bertz CT molecular complexity index is 553. The van der Waals surface area contributed by atoms with Gasteiger partial charge in [0.05, 0.1) is 25.3 Å². The highest BCUT2D eigenvalue weighted by Crippen LogP contribution is 2.49. The van der Waals surface area contributed by atoms with Crippen molar-refractivity contribution in [3.8, 4) is 0 Å². The minimum Gasteiger partial charge on any atom is -0.395 e. The fourth-order valence-corrected chi connectivity index (χ4v) is 4.99. The number of hydrazone groups is 1. The van der Waals surface area contributed by atoms with E-state index in [9.17, 15) is 0 Å². The first-order valence-electron chi connectivity index (χ1n) is 7.34. The highest BCUT2D eigenvalue weighted by Gasteiger charge is 2.59. The van der Waals surface area contributed by atoms with E-state index < -0.39 is 0 Å². The van der Waals surface area contributed by atoms with E-state index in [1.807, 2.05) is 0 Å². The first kappa shape index (κ1) is 12.9. The Hall–Kier alpha value is -0.805. The molecule has 4 aliphatic heterocycles. The van der Waals surface area contributed by atoms with Crippen molar-refractivity contribution in [1.29, 1.82) is 0 Å². The normalized spacial score (nSPS) is 39.4. The van der Waals surface area contributed by atoms with Gasteiger partial charge in [-0.15, -0.1) is 0 Å². The largest absolute Gasteiger partial charge is 0.481 e. The number of quaternary nitrogens is 1. The van der Waals surface area contributed by atoms with Crippen molar-refractivity contribution in [3.05, 3.63) is 30.3 Å². The zero-order chi connectivity index (χ0) is 13.8. The average molecular weight is 331 g/mol. The molecule has 2 bridgehead atoms. The summed E-state index contributed by atoms with van der Waals surface area (Å²) in [6, 6.07) is 10.5. The van der Waals surface area contributed by atoms with Gasteiger partial charge in [0.25, 0.3) is 0 Å². The number of para-hydroxylation sites is 1. The minimum atomic E-state index is 0.0748. The molecule has 0 saturated carbocycles. The van der Waals surface area contributed by atoms with Gasteiger partial charge in [-0.25, -0.2) is 0 Å². The Morgan fingerprint density at radius 3 is 2.60 bits per heavy atom. The Labute approximate surface area is 129 Å². The lowest BCUT2D eigenvalue weighted by Gasteiger charge is -2.58. The predicted octanol–water partition coefficient (Wildman–Crippen LogP) is 2.67. The summed E-state index contributed by atoms with van der Waals surface area (Å²) in [5.74, 6) is 0.699. The van der Waals surface area contributed by atoms with Gasteiger partial charge in [0.1, 0.15) is 10.2 Å². The van der Waals surface area contributed by atoms with Crippen LogP contribution in [0.3, 0.4) is 0 Å². The Morgan fingerprint density at radius 2 is 1.95 bits per heavy atom. The van der Waals surface area contributed by atoms with Crippen molar-refractivity contribution in [1.82, 2.24) is 0 Å². The number of benzene rings is 1. The van der Waals surface area contributed by atoms with Gasteiger partial charge in [-0.1, -0.05) is 18.2 Å². The van der Waals surface area contributed by atoms with E-state index in [-0.39, 0.29) is 5.54 Å². The SMILES string of the molecule is [B][N+]12CCC(CC1)C1(CC(Br)=NN1c1ccccc1)C2. The van der Waals surface area contributed by atoms with Crippen LogP contribution in [-0.4, -0.2) is 42.2 Å². The maximum absolute atomic E-state index is 6.58. The van der Waals surface area contributed by atoms with Crippen LogP contribution in [0.15, 0.2) is 35.4 Å². The van der Waals surface area contributed by atoms with Crippen LogP contribution in [0.5, 0.6) is 0 Å². The number of hydrogen-bond donors (Lipinski definition) is 0. The minimum absolute atomic E-state index is 0.0748. The number of fused-ring (bicyclic) bond motifs is 2. The van der Waals surface area contributed by atoms with Crippen LogP contribution in [0.1, 0.15) is 19.3 Å². The van der Waals surface area contributed by atoms with E-state index in [0.717, 1.165) is 35.1 Å². The first-order chi connectivity index (χ1) is 9.61. The Morgan fingerprint density at radius 1 is 1.25 bits per heavy atom. The molecule has 5 rings (SSSR count). The molecule has 102 valence electrons. The highest BCUT2D eigenvalue weighted by molar-refractivity contribution is 9.18. The van der Waals surface area contributed by atoms with Crippen LogP contribution in [0.4, 0.5) is 5.69 Å². The van der Waals surface area contributed by atoms with E-state index in [1.54, 1.807) is 0 Å². The molecular formula is C15H18BBrN3+. The second kappa shape index (κ2) is 4.34. The molecule has 3 saturated heterocycles. The van der Waals surface area contributed by atoms with Crippen molar-refractivity contribution >= 4 is 34.2 Å². The maximum Gasteiger partial charge on any atom is 0.481 e. The molecular weight excluding hydrogens is 313 g/mol. The molecule has 0 aromatic heterocycles. The first-order valence-corrected chi connectivity index (χ1v) is 8.14. The van der Waals surface area contributed by atoms with Gasteiger partial charge >= 0.3 is 7.98 Å². The lowest BCUT2D eigenvalue weighted by atomic mass is 9.68. The molecule has 1 spiro atoms. The van der Waals surface area contributed by atoms with Crippen molar-refractivity contribution in [2.24, 2.45) is 11.0 Å². The van der Waals surface area contributed by atoms with Crippen LogP contribution in [0, 0.1) is 5.92 Å². The highest BCUT2D eigenvalue weighted by atomic mass is 79.9. The fourth-order valence-electron chi connectivity index (χ4n) is 4.35. The van der Waals surface area contributed by atoms with E-state index in [4.69, 9.17) is 13.1 Å². The molecule has 1 aromatic carbocycles. The zero-order valence-corrected chi connectivity index (χ0v) is 13.1. The standard InChI is InChI=1S/C15H18BBrN3/c16-20-8-6-12(7-9-20)15(11-20)10-14(17)18-19(15)13-4-2-1-3-5-13/h1-5,12H,6-11H2/q+1. The molecule has 2 radical (unpaired) electrons. The van der Waals surface area contributed by atoms with E-state index in [1.165, 1.54) is 18.5 Å². The number of halogens is 1. The Balaban J connectivity index is 1.77. The number of rotatable bonds is 1. The lowest BCUT2D eigenvalue weighted by molar-refractivity contribution is -0.841. The fraction of sp³-hybridized carbons (Fsp3) is 0.533. The molecule has 0 N–H and O–H groups in total. The third-order valence-corrected chi connectivity index (χ3v) is 5.72. The van der Waals surface area contributed by atoms with Crippen LogP contribution >= 0.6 is 15.9 Å². The summed E-state index contributed by atoms with van der Waals surface area (Å²) >= 11 is 3.64. The topological polar surface area (TPSA) is 15.6 Å². The van der Waals surface area contributed by atoms with Crippen molar-refractivity contribution < 1.29 is 4.39 Å². The zero-order valence-electron chi connectivity index (χ0n) is 11.5. The van der Waals surface area contributed by atoms with Crippen molar-refractivity contribution in [2.75, 3.05) is 24.6 Å². The second-order valence-corrected chi connectivity index (χ2v) is 7.42. The number of hydrogen-bond acceptors (Lipinski definition) is 2. The number of nitrogens with zero attached hydrogens (tertiary/aromatic N) is 3. The van der Waals surface area contributed by atoms with E-state index >= 15 is 0 Å². The van der Waals surface area contributed by atoms with E-state index in [0.29, 0.717) is 5.92 Å². The molecule has 4 heterocycles. The van der Waals surface area contributed by atoms with Crippen molar-refractivity contribution in [2.45, 2.75) is 24.8 Å². The van der Waals surface area contributed by atoms with Crippen molar-refractivity contribution in [3.63, 3.8) is 0 Å². The molecule has 0 aliphatic carbocycles. The lowest BCUT2D eigenvalue weighted by Crippen LogP contribution is -2.71. The summed E-state index contributed by atoms with van der Waals surface area (Å²) in [5, 5.41) is 7.04. The van der Waals surface area contributed by atoms with Crippen LogP contribution < -0.4 is 5.01 Å². The van der Waals surface area contributed by atoms with Gasteiger partial charge in [0.2, 0.25) is 0 Å². The summed E-state index contributed by atoms with van der Waals surface area (Å²) < 4.78 is 1.78. The number of piperidine rings is 3. The predicted molar refractivity (Wildman–Crippen MR) is 86.0 cm³/mol. The van der Waals surface area contributed by atoms with Gasteiger partial charge < -0.3 is 4.39 Å². The molecule has 4 aliphatic rings. The molecule has 3 nitrogen and oxygen atoms in total. The summed E-state index contributed by atoms with van der Waals surface area (Å²) in [5.41, 5.74) is 1.26. The van der Waals surface area contributed by atoms with Gasteiger partial charge in [0.15, 0.2) is 0 Å². The monoisotopic (exact) mass is 330 g/mol. The average Bonchev–Trinajstić information content (AvgIpc) is 2.76. The summed E-state index contributed by atoms with van der Waals surface area (Å²) in [6.45, 7) is 3.24. The Kier molecular flexibility index (Phi) is 2.80. The van der Waals surface area contributed by atoms with E-state index in [2.05, 4.69) is 51.3 Å². The third kappa shape index (κ3) is 1.79. The molecule has 5 heteroatoms. The molecule has 3 fully saturated rings. The third-order valence-electron chi connectivity index (χ3n) is 5.28.